The van der Waals surface area contributed by atoms with Crippen LogP contribution in [0.2, 0.25) is 0 Å². The molecule has 0 aromatic heterocycles. The van der Waals surface area contributed by atoms with E-state index in [4.69, 9.17) is 4.74 Å². The average molecular weight is 252 g/mol. The molecule has 0 amide bonds. The average Bonchev–Trinajstić information content (AvgIpc) is 2.84. The van der Waals surface area contributed by atoms with Crippen LogP contribution in [-0.2, 0) is 4.74 Å². The molecule has 104 valence electrons. The lowest BCUT2D eigenvalue weighted by Crippen LogP contribution is -2.56. The fraction of sp³-hybridized carbons (Fsp3) is 1.00. The molecule has 2 bridgehead atoms. The predicted molar refractivity (Wildman–Crippen MR) is 73.7 cm³/mol. The number of nitrogens with zero attached hydrogens (tertiary/aromatic N) is 1. The van der Waals surface area contributed by atoms with Crippen molar-refractivity contribution in [2.45, 2.75) is 69.6 Å². The van der Waals surface area contributed by atoms with E-state index in [1.807, 2.05) is 0 Å². The maximum atomic E-state index is 5.51. The van der Waals surface area contributed by atoms with Crippen molar-refractivity contribution in [3.05, 3.63) is 0 Å². The Morgan fingerprint density at radius 2 is 1.89 bits per heavy atom. The molecular weight excluding hydrogens is 224 g/mol. The molecule has 0 aliphatic carbocycles. The minimum Gasteiger partial charge on any atom is -0.381 e. The molecule has 1 N–H and O–H groups in total. The number of nitrogens with one attached hydrogen (secondary N) is 1. The van der Waals surface area contributed by atoms with Crippen molar-refractivity contribution < 1.29 is 4.74 Å². The zero-order chi connectivity index (χ0) is 12.5. The highest BCUT2D eigenvalue weighted by Gasteiger charge is 2.36. The van der Waals surface area contributed by atoms with Gasteiger partial charge in [0.15, 0.2) is 0 Å². The molecular formula is C15H28N2O. The van der Waals surface area contributed by atoms with Crippen molar-refractivity contribution in [3.8, 4) is 0 Å². The number of fused-ring (bicyclic) bond motifs is 2. The van der Waals surface area contributed by atoms with Gasteiger partial charge in [-0.3, -0.25) is 0 Å². The second kappa shape index (κ2) is 5.48. The van der Waals surface area contributed by atoms with Crippen LogP contribution >= 0.6 is 0 Å². The normalized spacial score (nSPS) is 43.0. The summed E-state index contributed by atoms with van der Waals surface area (Å²) in [4.78, 5) is 2.64. The van der Waals surface area contributed by atoms with Crippen LogP contribution in [0.4, 0.5) is 0 Å². The van der Waals surface area contributed by atoms with E-state index in [-0.39, 0.29) is 0 Å². The van der Waals surface area contributed by atoms with Crippen LogP contribution in [-0.4, -0.2) is 49.3 Å². The fourth-order valence-electron chi connectivity index (χ4n) is 4.21. The molecule has 3 heterocycles. The van der Waals surface area contributed by atoms with Gasteiger partial charge in [0.2, 0.25) is 0 Å². The summed E-state index contributed by atoms with van der Waals surface area (Å²) in [6.07, 6.45) is 8.21. The van der Waals surface area contributed by atoms with E-state index < -0.39 is 0 Å². The third-order valence-corrected chi connectivity index (χ3v) is 5.51. The highest BCUT2D eigenvalue weighted by molar-refractivity contribution is 4.94. The molecule has 3 nitrogen and oxygen atoms in total. The zero-order valence-corrected chi connectivity index (χ0v) is 11.9. The molecule has 0 aromatic carbocycles. The van der Waals surface area contributed by atoms with Crippen molar-refractivity contribution in [1.29, 1.82) is 0 Å². The maximum absolute atomic E-state index is 5.51. The number of hydrogen-bond acceptors (Lipinski definition) is 3. The molecule has 3 heteroatoms. The Bertz CT molecular complexity index is 264. The van der Waals surface area contributed by atoms with E-state index in [2.05, 4.69) is 24.2 Å². The topological polar surface area (TPSA) is 24.5 Å². The van der Waals surface area contributed by atoms with Crippen molar-refractivity contribution >= 4 is 0 Å². The van der Waals surface area contributed by atoms with E-state index >= 15 is 0 Å². The predicted octanol–water partition coefficient (Wildman–Crippen LogP) is 2.02. The minimum absolute atomic E-state index is 0.627. The number of hydrogen-bond donors (Lipinski definition) is 1. The van der Waals surface area contributed by atoms with Gasteiger partial charge >= 0.3 is 0 Å². The lowest BCUT2D eigenvalue weighted by molar-refractivity contribution is 0.0439. The lowest BCUT2D eigenvalue weighted by atomic mass is 9.81. The van der Waals surface area contributed by atoms with Crippen LogP contribution in [0, 0.1) is 5.92 Å². The quantitative estimate of drug-likeness (QED) is 0.831. The van der Waals surface area contributed by atoms with Gasteiger partial charge in [-0.2, -0.15) is 0 Å². The van der Waals surface area contributed by atoms with Gasteiger partial charge in [0, 0.05) is 30.8 Å². The first-order valence-corrected chi connectivity index (χ1v) is 7.79. The minimum atomic E-state index is 0.627. The van der Waals surface area contributed by atoms with Gasteiger partial charge in [0.1, 0.15) is 0 Å². The molecule has 3 aliphatic rings. The summed E-state index contributed by atoms with van der Waals surface area (Å²) < 4.78 is 5.51. The zero-order valence-electron chi connectivity index (χ0n) is 11.9. The van der Waals surface area contributed by atoms with Crippen molar-refractivity contribution in [1.82, 2.24) is 10.2 Å². The Balaban J connectivity index is 1.54. The van der Waals surface area contributed by atoms with Gasteiger partial charge < -0.3 is 15.0 Å². The molecule has 3 aliphatic heterocycles. The molecule has 0 saturated carbocycles. The summed E-state index contributed by atoms with van der Waals surface area (Å²) in [5.74, 6) is 0.740. The van der Waals surface area contributed by atoms with Gasteiger partial charge in [0.25, 0.3) is 0 Å². The third-order valence-electron chi connectivity index (χ3n) is 5.51. The largest absolute Gasteiger partial charge is 0.381 e. The molecule has 0 radical (unpaired) electrons. The monoisotopic (exact) mass is 252 g/mol. The Morgan fingerprint density at radius 1 is 1.17 bits per heavy atom. The summed E-state index contributed by atoms with van der Waals surface area (Å²) in [5.41, 5.74) is 0. The molecule has 3 saturated heterocycles. The molecule has 4 unspecified atom stereocenters. The van der Waals surface area contributed by atoms with Crippen LogP contribution in [0.3, 0.4) is 0 Å². The lowest BCUT2D eigenvalue weighted by Gasteiger charge is -2.48. The van der Waals surface area contributed by atoms with Crippen LogP contribution < -0.4 is 5.32 Å². The van der Waals surface area contributed by atoms with E-state index in [0.29, 0.717) is 6.04 Å². The van der Waals surface area contributed by atoms with E-state index in [0.717, 1.165) is 37.3 Å². The first kappa shape index (κ1) is 12.9. The Labute approximate surface area is 111 Å². The molecule has 4 atom stereocenters. The van der Waals surface area contributed by atoms with Crippen LogP contribution in [0.15, 0.2) is 0 Å². The van der Waals surface area contributed by atoms with Gasteiger partial charge in [0.05, 0.1) is 6.61 Å². The molecule has 3 fully saturated rings. The summed E-state index contributed by atoms with van der Waals surface area (Å²) in [6, 6.07) is 3.04. The second-order valence-electron chi connectivity index (χ2n) is 6.65. The Morgan fingerprint density at radius 3 is 2.50 bits per heavy atom. The van der Waals surface area contributed by atoms with Crippen LogP contribution in [0.25, 0.3) is 0 Å². The molecule has 0 aromatic rings. The fourth-order valence-corrected chi connectivity index (χ4v) is 4.21. The number of piperidine rings is 2. The van der Waals surface area contributed by atoms with Crippen LogP contribution in [0.5, 0.6) is 0 Å². The first-order chi connectivity index (χ1) is 8.74. The number of ether oxygens (including phenoxy) is 1. The smallest absolute Gasteiger partial charge is 0.0509 e. The Kier molecular flexibility index (Phi) is 3.92. The van der Waals surface area contributed by atoms with E-state index in [1.165, 1.54) is 38.5 Å². The highest BCUT2D eigenvalue weighted by Crippen LogP contribution is 2.33. The highest BCUT2D eigenvalue weighted by atomic mass is 16.5. The maximum Gasteiger partial charge on any atom is 0.0509 e. The van der Waals surface area contributed by atoms with Crippen molar-refractivity contribution in [3.63, 3.8) is 0 Å². The molecule has 3 rings (SSSR count). The first-order valence-electron chi connectivity index (χ1n) is 7.79. The number of rotatable bonds is 3. The SMILES string of the molecule is CC(NC1CC2CCCC(C1)N2C)C1CCOC1. The Hall–Kier alpha value is -0.120. The van der Waals surface area contributed by atoms with E-state index in [9.17, 15) is 0 Å². The van der Waals surface area contributed by atoms with Crippen LogP contribution in [0.1, 0.15) is 45.4 Å². The van der Waals surface area contributed by atoms with Gasteiger partial charge in [-0.15, -0.1) is 0 Å². The standard InChI is InChI=1S/C15H28N2O/c1-11(12-6-7-18-10-12)16-13-8-14-4-3-5-15(9-13)17(14)2/h11-16H,3-10H2,1-2H3. The summed E-state index contributed by atoms with van der Waals surface area (Å²) in [6.45, 7) is 4.29. The van der Waals surface area contributed by atoms with E-state index in [1.54, 1.807) is 0 Å². The van der Waals surface area contributed by atoms with Gasteiger partial charge in [-0.25, -0.2) is 0 Å². The molecule has 18 heavy (non-hydrogen) atoms. The summed E-state index contributed by atoms with van der Waals surface area (Å²) in [7, 11) is 2.33. The van der Waals surface area contributed by atoms with Crippen molar-refractivity contribution in [2.75, 3.05) is 20.3 Å². The van der Waals surface area contributed by atoms with Gasteiger partial charge in [-0.05, 0) is 52.0 Å². The summed E-state index contributed by atoms with van der Waals surface area (Å²) in [5, 5.41) is 3.90. The third kappa shape index (κ3) is 2.59. The van der Waals surface area contributed by atoms with Crippen molar-refractivity contribution in [2.24, 2.45) is 5.92 Å². The second-order valence-corrected chi connectivity index (χ2v) is 6.65. The molecule has 0 spiro atoms. The van der Waals surface area contributed by atoms with Gasteiger partial charge in [-0.1, -0.05) is 6.42 Å². The summed E-state index contributed by atoms with van der Waals surface area (Å²) >= 11 is 0.